The Kier molecular flexibility index (Phi) is 9.28. The highest BCUT2D eigenvalue weighted by molar-refractivity contribution is 5.85. The van der Waals surface area contributed by atoms with Gasteiger partial charge in [0.2, 0.25) is 0 Å². The molecule has 5 heteroatoms. The predicted molar refractivity (Wildman–Crippen MR) is 93.4 cm³/mol. The summed E-state index contributed by atoms with van der Waals surface area (Å²) >= 11 is 0. The van der Waals surface area contributed by atoms with Crippen molar-refractivity contribution in [3.63, 3.8) is 0 Å². The molecule has 0 unspecified atom stereocenters. The molecule has 1 aliphatic heterocycles. The molecule has 22 heavy (non-hydrogen) atoms. The number of rotatable bonds is 8. The zero-order valence-electron chi connectivity index (χ0n) is 13.7. The van der Waals surface area contributed by atoms with E-state index in [9.17, 15) is 0 Å². The van der Waals surface area contributed by atoms with E-state index in [1.165, 1.54) is 32.4 Å². The molecule has 4 nitrogen and oxygen atoms in total. The molecule has 2 rings (SSSR count). The summed E-state index contributed by atoms with van der Waals surface area (Å²) in [6.07, 6.45) is 3.97. The van der Waals surface area contributed by atoms with E-state index in [0.29, 0.717) is 0 Å². The summed E-state index contributed by atoms with van der Waals surface area (Å²) in [6, 6.07) is 7.76. The molecule has 0 amide bonds. The summed E-state index contributed by atoms with van der Waals surface area (Å²) in [5.74, 6) is 2.67. The number of piperidine rings is 1. The van der Waals surface area contributed by atoms with Crippen molar-refractivity contribution in [2.24, 2.45) is 5.92 Å². The second-order valence-electron chi connectivity index (χ2n) is 5.81. The molecule has 1 N–H and O–H groups in total. The maximum absolute atomic E-state index is 5.76. The number of ether oxygens (including phenoxy) is 2. The standard InChI is InChI=1S/C17H28N2O2.ClH/c1-19(12-9-15-7-10-18-11-8-15)13-14-21-17-5-3-16(20-2)4-6-17;/h3-6,15,18H,7-14H2,1-2H3;1H. The van der Waals surface area contributed by atoms with Crippen molar-refractivity contribution in [2.75, 3.05) is 46.9 Å². The number of hydrogen-bond donors (Lipinski definition) is 1. The van der Waals surface area contributed by atoms with Gasteiger partial charge in [0.05, 0.1) is 7.11 Å². The van der Waals surface area contributed by atoms with Crippen LogP contribution < -0.4 is 14.8 Å². The number of methoxy groups -OCH3 is 1. The van der Waals surface area contributed by atoms with E-state index in [0.717, 1.165) is 37.1 Å². The molecule has 1 saturated heterocycles. The largest absolute Gasteiger partial charge is 0.497 e. The third kappa shape index (κ3) is 6.86. The lowest BCUT2D eigenvalue weighted by molar-refractivity contribution is 0.219. The first-order valence-electron chi connectivity index (χ1n) is 7.94. The molecule has 0 radical (unpaired) electrons. The van der Waals surface area contributed by atoms with Gasteiger partial charge in [-0.05, 0) is 76.1 Å². The molecule has 0 spiro atoms. The van der Waals surface area contributed by atoms with E-state index in [1.807, 2.05) is 24.3 Å². The number of nitrogens with one attached hydrogen (secondary N) is 1. The van der Waals surface area contributed by atoms with E-state index in [4.69, 9.17) is 9.47 Å². The molecule has 0 aromatic heterocycles. The zero-order valence-corrected chi connectivity index (χ0v) is 14.5. The molecule has 126 valence electrons. The Morgan fingerprint density at radius 2 is 1.73 bits per heavy atom. The normalized spacial score (nSPS) is 15.4. The van der Waals surface area contributed by atoms with Crippen LogP contribution in [0.1, 0.15) is 19.3 Å². The summed E-state index contributed by atoms with van der Waals surface area (Å²) in [5, 5.41) is 3.42. The quantitative estimate of drug-likeness (QED) is 0.795. The minimum Gasteiger partial charge on any atom is -0.497 e. The van der Waals surface area contributed by atoms with Crippen LogP contribution >= 0.6 is 12.4 Å². The van der Waals surface area contributed by atoms with Crippen molar-refractivity contribution < 1.29 is 9.47 Å². The Hall–Kier alpha value is -0.970. The van der Waals surface area contributed by atoms with E-state index in [2.05, 4.69) is 17.3 Å². The molecule has 1 aromatic rings. The van der Waals surface area contributed by atoms with Gasteiger partial charge in [0.15, 0.2) is 0 Å². The van der Waals surface area contributed by atoms with E-state index < -0.39 is 0 Å². The monoisotopic (exact) mass is 328 g/mol. The third-order valence-electron chi connectivity index (χ3n) is 4.18. The number of halogens is 1. The molecular weight excluding hydrogens is 300 g/mol. The fourth-order valence-corrected chi connectivity index (χ4v) is 2.68. The Morgan fingerprint density at radius 1 is 1.09 bits per heavy atom. The van der Waals surface area contributed by atoms with Gasteiger partial charge in [-0.1, -0.05) is 0 Å². The van der Waals surface area contributed by atoms with Crippen LogP contribution in [0.15, 0.2) is 24.3 Å². The van der Waals surface area contributed by atoms with Crippen molar-refractivity contribution in [3.8, 4) is 11.5 Å². The van der Waals surface area contributed by atoms with Crippen LogP contribution in [0.4, 0.5) is 0 Å². The van der Waals surface area contributed by atoms with Gasteiger partial charge in [-0.15, -0.1) is 12.4 Å². The molecule has 0 saturated carbocycles. The Bertz CT molecular complexity index is 394. The highest BCUT2D eigenvalue weighted by Crippen LogP contribution is 2.17. The average molecular weight is 329 g/mol. The van der Waals surface area contributed by atoms with Crippen LogP contribution in [-0.4, -0.2) is 51.8 Å². The number of hydrogen-bond acceptors (Lipinski definition) is 4. The molecule has 1 heterocycles. The first-order chi connectivity index (χ1) is 10.3. The van der Waals surface area contributed by atoms with Crippen molar-refractivity contribution in [2.45, 2.75) is 19.3 Å². The lowest BCUT2D eigenvalue weighted by Crippen LogP contribution is -2.31. The van der Waals surface area contributed by atoms with Crippen molar-refractivity contribution in [3.05, 3.63) is 24.3 Å². The molecule has 1 aliphatic rings. The van der Waals surface area contributed by atoms with Crippen molar-refractivity contribution in [1.82, 2.24) is 10.2 Å². The Labute approximate surface area is 140 Å². The fraction of sp³-hybridized carbons (Fsp3) is 0.647. The van der Waals surface area contributed by atoms with Crippen LogP contribution in [0.5, 0.6) is 11.5 Å². The molecule has 0 atom stereocenters. The summed E-state index contributed by atoms with van der Waals surface area (Å²) in [7, 11) is 3.85. The first-order valence-corrected chi connectivity index (χ1v) is 7.94. The van der Waals surface area contributed by atoms with Gasteiger partial charge in [-0.2, -0.15) is 0 Å². The summed E-state index contributed by atoms with van der Waals surface area (Å²) in [6.45, 7) is 5.24. The Balaban J connectivity index is 0.00000242. The second kappa shape index (κ2) is 10.7. The van der Waals surface area contributed by atoms with Crippen LogP contribution in [0.3, 0.4) is 0 Å². The summed E-state index contributed by atoms with van der Waals surface area (Å²) in [5.41, 5.74) is 0. The van der Waals surface area contributed by atoms with Crippen LogP contribution in [0.2, 0.25) is 0 Å². The highest BCUT2D eigenvalue weighted by atomic mass is 35.5. The van der Waals surface area contributed by atoms with Crippen LogP contribution in [0, 0.1) is 5.92 Å². The fourth-order valence-electron chi connectivity index (χ4n) is 2.68. The number of likely N-dealkylation sites (N-methyl/N-ethyl adjacent to an activating group) is 1. The van der Waals surface area contributed by atoms with Gasteiger partial charge in [-0.3, -0.25) is 0 Å². The van der Waals surface area contributed by atoms with E-state index in [1.54, 1.807) is 7.11 Å². The Morgan fingerprint density at radius 3 is 2.36 bits per heavy atom. The number of benzene rings is 1. The minimum atomic E-state index is 0. The third-order valence-corrected chi connectivity index (χ3v) is 4.18. The number of nitrogens with zero attached hydrogens (tertiary/aromatic N) is 1. The van der Waals surface area contributed by atoms with Gasteiger partial charge >= 0.3 is 0 Å². The average Bonchev–Trinajstić information content (AvgIpc) is 2.54. The molecule has 1 fully saturated rings. The van der Waals surface area contributed by atoms with Crippen LogP contribution in [0.25, 0.3) is 0 Å². The van der Waals surface area contributed by atoms with Crippen molar-refractivity contribution in [1.29, 1.82) is 0 Å². The maximum Gasteiger partial charge on any atom is 0.119 e. The van der Waals surface area contributed by atoms with Gasteiger partial charge in [0, 0.05) is 6.54 Å². The van der Waals surface area contributed by atoms with E-state index in [-0.39, 0.29) is 12.4 Å². The first kappa shape index (κ1) is 19.1. The summed E-state index contributed by atoms with van der Waals surface area (Å²) < 4.78 is 10.9. The van der Waals surface area contributed by atoms with Gasteiger partial charge in [-0.25, -0.2) is 0 Å². The van der Waals surface area contributed by atoms with Gasteiger partial charge in [0.1, 0.15) is 18.1 Å². The lowest BCUT2D eigenvalue weighted by Gasteiger charge is -2.25. The van der Waals surface area contributed by atoms with Crippen LogP contribution in [-0.2, 0) is 0 Å². The SMILES string of the molecule is COc1ccc(OCCN(C)CCC2CCNCC2)cc1.Cl. The molecular formula is C17H29ClN2O2. The predicted octanol–water partition coefficient (Wildman–Crippen LogP) is 2.82. The van der Waals surface area contributed by atoms with Gasteiger partial charge < -0.3 is 19.7 Å². The molecule has 0 bridgehead atoms. The minimum absolute atomic E-state index is 0. The maximum atomic E-state index is 5.76. The summed E-state index contributed by atoms with van der Waals surface area (Å²) in [4.78, 5) is 2.37. The van der Waals surface area contributed by atoms with E-state index >= 15 is 0 Å². The molecule has 0 aliphatic carbocycles. The van der Waals surface area contributed by atoms with Gasteiger partial charge in [0.25, 0.3) is 0 Å². The highest BCUT2D eigenvalue weighted by Gasteiger charge is 2.13. The zero-order chi connectivity index (χ0) is 14.9. The molecule has 1 aromatic carbocycles. The second-order valence-corrected chi connectivity index (χ2v) is 5.81. The van der Waals surface area contributed by atoms with Crippen molar-refractivity contribution >= 4 is 12.4 Å². The lowest BCUT2D eigenvalue weighted by atomic mass is 9.94. The smallest absolute Gasteiger partial charge is 0.119 e. The topological polar surface area (TPSA) is 33.7 Å².